The average Bonchev–Trinajstić information content (AvgIpc) is 2.53. The number of pyridine rings is 1. The van der Waals surface area contributed by atoms with Gasteiger partial charge in [0, 0.05) is 19.8 Å². The minimum absolute atomic E-state index is 0.130. The summed E-state index contributed by atoms with van der Waals surface area (Å²) in [6.45, 7) is 0.130. The van der Waals surface area contributed by atoms with Crippen LogP contribution in [0.2, 0.25) is 0 Å². The molecule has 1 heterocycles. The Balaban J connectivity index is 2.13. The molecule has 0 radical (unpaired) electrons. The van der Waals surface area contributed by atoms with E-state index in [2.05, 4.69) is 15.3 Å². The molecule has 0 aliphatic heterocycles. The van der Waals surface area contributed by atoms with E-state index in [1.54, 1.807) is 24.3 Å². The van der Waals surface area contributed by atoms with Crippen molar-refractivity contribution in [2.45, 2.75) is 12.3 Å². The number of anilines is 1. The Morgan fingerprint density at radius 3 is 2.52 bits per heavy atom. The van der Waals surface area contributed by atoms with E-state index in [4.69, 9.17) is 0 Å². The van der Waals surface area contributed by atoms with Gasteiger partial charge in [-0.1, -0.05) is 30.3 Å². The van der Waals surface area contributed by atoms with Crippen LogP contribution in [0.15, 0.2) is 47.5 Å². The van der Waals surface area contributed by atoms with E-state index >= 15 is 0 Å². The molecule has 2 N–H and O–H groups in total. The highest BCUT2D eigenvalue weighted by atomic mass is 19.4. The van der Waals surface area contributed by atoms with Crippen molar-refractivity contribution in [1.82, 2.24) is 4.98 Å². The molecule has 1 atom stereocenters. The fourth-order valence-electron chi connectivity index (χ4n) is 2.03. The standard InChI is InChI=1S/C16H16F3N3O/c1-20-9-13-12(16(17,18)19)7-8-15(22-13)21-10-14(23)11-5-3-2-4-6-11/h2-9,14,23H,10H2,1H3,(H,21,22)/b20-9+/t14-/m1/s1. The molecule has 0 aliphatic rings. The molecule has 2 aromatic rings. The maximum Gasteiger partial charge on any atom is 0.418 e. The Hall–Kier alpha value is -2.41. The monoisotopic (exact) mass is 323 g/mol. The van der Waals surface area contributed by atoms with Gasteiger partial charge in [0.05, 0.1) is 17.4 Å². The molecule has 1 aromatic carbocycles. The first-order chi connectivity index (χ1) is 10.9. The Labute approximate surface area is 131 Å². The number of benzene rings is 1. The van der Waals surface area contributed by atoms with Crippen molar-refractivity contribution >= 4 is 12.0 Å². The molecule has 0 aliphatic carbocycles. The predicted octanol–water partition coefficient (Wildman–Crippen LogP) is 3.29. The van der Waals surface area contributed by atoms with Gasteiger partial charge in [-0.2, -0.15) is 13.2 Å². The first-order valence-corrected chi connectivity index (χ1v) is 6.89. The second-order valence-electron chi connectivity index (χ2n) is 4.82. The molecule has 1 aromatic heterocycles. The fourth-order valence-corrected chi connectivity index (χ4v) is 2.03. The lowest BCUT2D eigenvalue weighted by Gasteiger charge is -2.14. The number of hydrogen-bond donors (Lipinski definition) is 2. The van der Waals surface area contributed by atoms with Crippen LogP contribution in [0.5, 0.6) is 0 Å². The van der Waals surface area contributed by atoms with Gasteiger partial charge in [0.15, 0.2) is 0 Å². The molecular formula is C16H16F3N3O. The number of aliphatic imine (C=N–C) groups is 1. The lowest BCUT2D eigenvalue weighted by molar-refractivity contribution is -0.137. The lowest BCUT2D eigenvalue weighted by Crippen LogP contribution is -2.15. The van der Waals surface area contributed by atoms with Gasteiger partial charge < -0.3 is 10.4 Å². The van der Waals surface area contributed by atoms with E-state index in [0.29, 0.717) is 5.56 Å². The zero-order valence-corrected chi connectivity index (χ0v) is 12.4. The first-order valence-electron chi connectivity index (χ1n) is 6.89. The second-order valence-corrected chi connectivity index (χ2v) is 4.82. The van der Waals surface area contributed by atoms with E-state index < -0.39 is 17.8 Å². The zero-order chi connectivity index (χ0) is 16.9. The van der Waals surface area contributed by atoms with Gasteiger partial charge in [0.25, 0.3) is 0 Å². The number of rotatable bonds is 5. The highest BCUT2D eigenvalue weighted by Crippen LogP contribution is 2.31. The minimum atomic E-state index is -4.49. The quantitative estimate of drug-likeness (QED) is 0.830. The summed E-state index contributed by atoms with van der Waals surface area (Å²) in [5.41, 5.74) is -0.404. The average molecular weight is 323 g/mol. The van der Waals surface area contributed by atoms with Crippen LogP contribution in [0.4, 0.5) is 19.0 Å². The van der Waals surface area contributed by atoms with E-state index in [-0.39, 0.29) is 18.1 Å². The van der Waals surface area contributed by atoms with E-state index in [1.165, 1.54) is 13.1 Å². The Bertz CT molecular complexity index is 672. The molecule has 2 rings (SSSR count). The van der Waals surface area contributed by atoms with Crippen LogP contribution >= 0.6 is 0 Å². The molecule has 0 bridgehead atoms. The van der Waals surface area contributed by atoms with Crippen molar-refractivity contribution < 1.29 is 18.3 Å². The van der Waals surface area contributed by atoms with E-state index in [1.807, 2.05) is 6.07 Å². The highest BCUT2D eigenvalue weighted by molar-refractivity contribution is 5.80. The first kappa shape index (κ1) is 17.0. The molecule has 0 saturated heterocycles. The lowest BCUT2D eigenvalue weighted by atomic mass is 10.1. The molecular weight excluding hydrogens is 307 g/mol. The smallest absolute Gasteiger partial charge is 0.387 e. The summed E-state index contributed by atoms with van der Waals surface area (Å²) in [6, 6.07) is 11.1. The molecule has 0 saturated carbocycles. The maximum absolute atomic E-state index is 12.9. The van der Waals surface area contributed by atoms with Crippen LogP contribution in [0.1, 0.15) is 22.9 Å². The molecule has 0 unspecified atom stereocenters. The molecule has 0 fully saturated rings. The van der Waals surface area contributed by atoms with Crippen LogP contribution in [-0.4, -0.2) is 29.9 Å². The number of hydrogen-bond acceptors (Lipinski definition) is 4. The third-order valence-corrected chi connectivity index (χ3v) is 3.14. The number of nitrogens with one attached hydrogen (secondary N) is 1. The van der Waals surface area contributed by atoms with Crippen molar-refractivity contribution in [3.63, 3.8) is 0 Å². The van der Waals surface area contributed by atoms with Crippen molar-refractivity contribution in [3.8, 4) is 0 Å². The van der Waals surface area contributed by atoms with Gasteiger partial charge in [-0.15, -0.1) is 0 Å². The molecule has 23 heavy (non-hydrogen) atoms. The Kier molecular flexibility index (Phi) is 5.33. The van der Waals surface area contributed by atoms with Crippen molar-refractivity contribution in [2.75, 3.05) is 18.9 Å². The number of aromatic nitrogens is 1. The topological polar surface area (TPSA) is 57.5 Å². The molecule has 122 valence electrons. The molecule has 0 amide bonds. The molecule has 4 nitrogen and oxygen atoms in total. The Morgan fingerprint density at radius 1 is 1.22 bits per heavy atom. The highest BCUT2D eigenvalue weighted by Gasteiger charge is 2.33. The van der Waals surface area contributed by atoms with Gasteiger partial charge in [0.2, 0.25) is 0 Å². The number of halogens is 3. The fraction of sp³-hybridized carbons (Fsp3) is 0.250. The molecule has 7 heteroatoms. The summed E-state index contributed by atoms with van der Waals surface area (Å²) in [7, 11) is 1.38. The summed E-state index contributed by atoms with van der Waals surface area (Å²) in [5.74, 6) is 0.239. The van der Waals surface area contributed by atoms with Crippen molar-refractivity contribution in [2.24, 2.45) is 4.99 Å². The SMILES string of the molecule is C/N=C/c1nc(NC[C@@H](O)c2ccccc2)ccc1C(F)(F)F. The van der Waals surface area contributed by atoms with Crippen LogP contribution in [0, 0.1) is 0 Å². The van der Waals surface area contributed by atoms with Gasteiger partial charge in [-0.3, -0.25) is 4.99 Å². The summed E-state index contributed by atoms with van der Waals surface area (Å²) in [6.07, 6.45) is -4.23. The Morgan fingerprint density at radius 2 is 1.91 bits per heavy atom. The second kappa shape index (κ2) is 7.23. The zero-order valence-electron chi connectivity index (χ0n) is 12.4. The summed E-state index contributed by atoms with van der Waals surface area (Å²) < 4.78 is 38.6. The van der Waals surface area contributed by atoms with Gasteiger partial charge in [-0.25, -0.2) is 4.98 Å². The summed E-state index contributed by atoms with van der Waals surface area (Å²) in [5, 5.41) is 12.9. The van der Waals surface area contributed by atoms with Gasteiger partial charge >= 0.3 is 6.18 Å². The maximum atomic E-state index is 12.9. The molecule has 0 spiro atoms. The number of aliphatic hydroxyl groups excluding tert-OH is 1. The van der Waals surface area contributed by atoms with Crippen molar-refractivity contribution in [3.05, 3.63) is 59.3 Å². The number of aliphatic hydroxyl groups is 1. The van der Waals surface area contributed by atoms with Crippen LogP contribution in [0.25, 0.3) is 0 Å². The van der Waals surface area contributed by atoms with Crippen LogP contribution < -0.4 is 5.32 Å². The number of alkyl halides is 3. The van der Waals surface area contributed by atoms with E-state index in [9.17, 15) is 18.3 Å². The predicted molar refractivity (Wildman–Crippen MR) is 82.6 cm³/mol. The third-order valence-electron chi connectivity index (χ3n) is 3.14. The van der Waals surface area contributed by atoms with Crippen LogP contribution in [0.3, 0.4) is 0 Å². The van der Waals surface area contributed by atoms with E-state index in [0.717, 1.165) is 12.3 Å². The van der Waals surface area contributed by atoms with Crippen molar-refractivity contribution in [1.29, 1.82) is 0 Å². The summed E-state index contributed by atoms with van der Waals surface area (Å²) in [4.78, 5) is 7.50. The van der Waals surface area contributed by atoms with Crippen LogP contribution in [-0.2, 0) is 6.18 Å². The normalized spacial score (nSPS) is 13.3. The largest absolute Gasteiger partial charge is 0.418 e. The summed E-state index contributed by atoms with van der Waals surface area (Å²) >= 11 is 0. The minimum Gasteiger partial charge on any atom is -0.387 e. The van der Waals surface area contributed by atoms with Gasteiger partial charge in [-0.05, 0) is 17.7 Å². The number of nitrogens with zero attached hydrogens (tertiary/aromatic N) is 2. The van der Waals surface area contributed by atoms with Gasteiger partial charge in [0.1, 0.15) is 5.82 Å². The third kappa shape index (κ3) is 4.53.